The molecule has 2 aromatic carbocycles. The van der Waals surface area contributed by atoms with Gasteiger partial charge in [0.25, 0.3) is 0 Å². The van der Waals surface area contributed by atoms with Crippen molar-refractivity contribution in [2.75, 3.05) is 0 Å². The molecule has 1 atom stereocenters. The molecule has 0 aliphatic carbocycles. The van der Waals surface area contributed by atoms with Crippen molar-refractivity contribution in [1.29, 1.82) is 0 Å². The van der Waals surface area contributed by atoms with Gasteiger partial charge in [0, 0.05) is 0 Å². The van der Waals surface area contributed by atoms with Crippen LogP contribution < -0.4 is 0 Å². The molecule has 0 N–H and O–H groups in total. The second kappa shape index (κ2) is 5.41. The zero-order valence-corrected chi connectivity index (χ0v) is 12.5. The Labute approximate surface area is 120 Å². The smallest absolute Gasteiger partial charge is 0.141 e. The second-order valence-corrected chi connectivity index (χ2v) is 5.72. The minimum Gasteiger partial charge on any atom is -0.205 e. The molecule has 18 heavy (non-hydrogen) atoms. The summed E-state index contributed by atoms with van der Waals surface area (Å²) >= 11 is 9.48. The highest BCUT2D eigenvalue weighted by molar-refractivity contribution is 9.09. The van der Waals surface area contributed by atoms with Crippen molar-refractivity contribution in [1.82, 2.24) is 0 Å². The Morgan fingerprint density at radius 3 is 2.50 bits per heavy atom. The number of aryl methyl sites for hydroxylation is 2. The van der Waals surface area contributed by atoms with Gasteiger partial charge in [-0.3, -0.25) is 0 Å². The van der Waals surface area contributed by atoms with E-state index >= 15 is 0 Å². The molecular formula is C15H13BrClF. The van der Waals surface area contributed by atoms with Crippen molar-refractivity contribution >= 4 is 27.5 Å². The lowest BCUT2D eigenvalue weighted by Gasteiger charge is -2.15. The molecule has 0 spiro atoms. The quantitative estimate of drug-likeness (QED) is 0.632. The van der Waals surface area contributed by atoms with E-state index in [4.69, 9.17) is 11.6 Å². The first-order valence-electron chi connectivity index (χ1n) is 5.65. The van der Waals surface area contributed by atoms with Gasteiger partial charge in [0.05, 0.1) is 9.85 Å². The summed E-state index contributed by atoms with van der Waals surface area (Å²) in [7, 11) is 0. The van der Waals surface area contributed by atoms with Crippen LogP contribution in [0.25, 0.3) is 0 Å². The summed E-state index contributed by atoms with van der Waals surface area (Å²) in [5.41, 5.74) is 4.53. The average Bonchev–Trinajstić information content (AvgIpc) is 2.35. The molecule has 0 aliphatic heterocycles. The summed E-state index contributed by atoms with van der Waals surface area (Å²) < 4.78 is 13.2. The monoisotopic (exact) mass is 326 g/mol. The van der Waals surface area contributed by atoms with Crippen LogP contribution in [0.1, 0.15) is 27.1 Å². The Bertz CT molecular complexity index is 581. The predicted molar refractivity (Wildman–Crippen MR) is 78.1 cm³/mol. The largest absolute Gasteiger partial charge is 0.205 e. The average molecular weight is 328 g/mol. The molecule has 0 fully saturated rings. The lowest BCUT2D eigenvalue weighted by atomic mass is 9.98. The summed E-state index contributed by atoms with van der Waals surface area (Å²) in [6.07, 6.45) is 0. The van der Waals surface area contributed by atoms with E-state index in [-0.39, 0.29) is 15.7 Å². The third kappa shape index (κ3) is 2.76. The zero-order chi connectivity index (χ0) is 13.3. The lowest BCUT2D eigenvalue weighted by Crippen LogP contribution is -1.97. The summed E-state index contributed by atoms with van der Waals surface area (Å²) in [6, 6.07) is 11.1. The van der Waals surface area contributed by atoms with Gasteiger partial charge in [0.15, 0.2) is 0 Å². The first kappa shape index (κ1) is 13.6. The Morgan fingerprint density at radius 2 is 1.83 bits per heavy atom. The first-order chi connectivity index (χ1) is 8.49. The Hall–Kier alpha value is -0.860. The van der Waals surface area contributed by atoms with E-state index in [1.165, 1.54) is 22.8 Å². The molecule has 2 rings (SSSR count). The normalized spacial score (nSPS) is 12.5. The molecule has 0 saturated heterocycles. The van der Waals surface area contributed by atoms with Crippen LogP contribution in [0, 0.1) is 19.7 Å². The van der Waals surface area contributed by atoms with Crippen LogP contribution >= 0.6 is 27.5 Å². The molecule has 0 bridgehead atoms. The molecule has 3 heteroatoms. The fourth-order valence-corrected chi connectivity index (χ4v) is 2.85. The highest BCUT2D eigenvalue weighted by Gasteiger charge is 2.14. The van der Waals surface area contributed by atoms with E-state index in [0.29, 0.717) is 0 Å². The third-order valence-corrected chi connectivity index (χ3v) is 4.26. The van der Waals surface area contributed by atoms with Crippen molar-refractivity contribution in [2.24, 2.45) is 0 Å². The molecule has 1 unspecified atom stereocenters. The van der Waals surface area contributed by atoms with Gasteiger partial charge in [-0.05, 0) is 42.7 Å². The minimum atomic E-state index is -0.388. The highest BCUT2D eigenvalue weighted by atomic mass is 79.9. The van der Waals surface area contributed by atoms with Crippen LogP contribution in [0.5, 0.6) is 0 Å². The highest BCUT2D eigenvalue weighted by Crippen LogP contribution is 2.34. The van der Waals surface area contributed by atoms with E-state index in [2.05, 4.69) is 48.0 Å². The Kier molecular flexibility index (Phi) is 4.08. The maximum absolute atomic E-state index is 13.2. The van der Waals surface area contributed by atoms with Crippen molar-refractivity contribution in [3.05, 3.63) is 69.5 Å². The minimum absolute atomic E-state index is 0.0236. The van der Waals surface area contributed by atoms with Gasteiger partial charge in [0.2, 0.25) is 0 Å². The van der Waals surface area contributed by atoms with Gasteiger partial charge in [0.1, 0.15) is 5.82 Å². The van der Waals surface area contributed by atoms with E-state index in [0.717, 1.165) is 5.56 Å². The van der Waals surface area contributed by atoms with Gasteiger partial charge in [-0.1, -0.05) is 57.4 Å². The van der Waals surface area contributed by atoms with Crippen LogP contribution in [0.4, 0.5) is 4.39 Å². The zero-order valence-electron chi connectivity index (χ0n) is 10.2. The number of halogens is 3. The lowest BCUT2D eigenvalue weighted by molar-refractivity contribution is 0.627. The SMILES string of the molecule is Cc1ccc(C)c(C(Br)c2ccc(F)c(Cl)c2)c1. The van der Waals surface area contributed by atoms with Gasteiger partial charge in [-0.25, -0.2) is 4.39 Å². The van der Waals surface area contributed by atoms with Crippen molar-refractivity contribution < 1.29 is 4.39 Å². The number of hydrogen-bond acceptors (Lipinski definition) is 0. The number of hydrogen-bond donors (Lipinski definition) is 0. The number of benzene rings is 2. The second-order valence-electron chi connectivity index (χ2n) is 4.40. The molecular weight excluding hydrogens is 315 g/mol. The van der Waals surface area contributed by atoms with E-state index in [9.17, 15) is 4.39 Å². The summed E-state index contributed by atoms with van der Waals surface area (Å²) in [6.45, 7) is 4.12. The Balaban J connectivity index is 2.44. The third-order valence-electron chi connectivity index (χ3n) is 2.94. The number of rotatable bonds is 2. The van der Waals surface area contributed by atoms with E-state index in [1.807, 2.05) is 0 Å². The van der Waals surface area contributed by atoms with Gasteiger partial charge in [-0.2, -0.15) is 0 Å². The predicted octanol–water partition coefficient (Wildman–Crippen LogP) is 5.58. The molecule has 0 aliphatic rings. The summed E-state index contributed by atoms with van der Waals surface area (Å²) in [5.74, 6) is -0.388. The van der Waals surface area contributed by atoms with Crippen molar-refractivity contribution in [3.8, 4) is 0 Å². The van der Waals surface area contributed by atoms with E-state index in [1.54, 1.807) is 12.1 Å². The van der Waals surface area contributed by atoms with Crippen LogP contribution in [-0.4, -0.2) is 0 Å². The maximum Gasteiger partial charge on any atom is 0.141 e. The van der Waals surface area contributed by atoms with Gasteiger partial charge < -0.3 is 0 Å². The summed E-state index contributed by atoms with van der Waals surface area (Å²) in [4.78, 5) is 0.0236. The summed E-state index contributed by atoms with van der Waals surface area (Å²) in [5, 5.41) is 0.155. The molecule has 0 nitrogen and oxygen atoms in total. The van der Waals surface area contributed by atoms with Crippen LogP contribution in [0.2, 0.25) is 5.02 Å². The van der Waals surface area contributed by atoms with Crippen LogP contribution in [0.15, 0.2) is 36.4 Å². The van der Waals surface area contributed by atoms with Crippen molar-refractivity contribution in [2.45, 2.75) is 18.7 Å². The molecule has 0 amide bonds. The van der Waals surface area contributed by atoms with E-state index < -0.39 is 0 Å². The fraction of sp³-hybridized carbons (Fsp3) is 0.200. The van der Waals surface area contributed by atoms with Gasteiger partial charge >= 0.3 is 0 Å². The number of alkyl halides is 1. The Morgan fingerprint density at radius 1 is 1.11 bits per heavy atom. The molecule has 2 aromatic rings. The van der Waals surface area contributed by atoms with Crippen molar-refractivity contribution in [3.63, 3.8) is 0 Å². The molecule has 0 heterocycles. The fourth-order valence-electron chi connectivity index (χ4n) is 1.88. The molecule has 0 saturated carbocycles. The van der Waals surface area contributed by atoms with Crippen LogP contribution in [0.3, 0.4) is 0 Å². The van der Waals surface area contributed by atoms with Gasteiger partial charge in [-0.15, -0.1) is 0 Å². The topological polar surface area (TPSA) is 0 Å². The molecule has 0 aromatic heterocycles. The molecule has 94 valence electrons. The standard InChI is InChI=1S/C15H13BrClF/c1-9-3-4-10(2)12(7-9)15(16)11-5-6-14(18)13(17)8-11/h3-8,15H,1-2H3. The molecule has 0 radical (unpaired) electrons. The first-order valence-corrected chi connectivity index (χ1v) is 6.94. The maximum atomic E-state index is 13.2. The van der Waals surface area contributed by atoms with Crippen LogP contribution in [-0.2, 0) is 0 Å².